The molecule has 0 spiro atoms. The molecule has 0 aliphatic heterocycles. The number of rotatable bonds is 12. The molecule has 0 aromatic heterocycles. The minimum absolute atomic E-state index is 0.0471. The summed E-state index contributed by atoms with van der Waals surface area (Å²) in [6.45, 7) is 2.75. The molecule has 0 aliphatic carbocycles. The van der Waals surface area contributed by atoms with Crippen molar-refractivity contribution in [3.05, 3.63) is 59.7 Å². The second-order valence-electron chi connectivity index (χ2n) is 6.70. The predicted octanol–water partition coefficient (Wildman–Crippen LogP) is 2.21. The summed E-state index contributed by atoms with van der Waals surface area (Å²) in [5, 5.41) is 22.0. The van der Waals surface area contributed by atoms with Crippen LogP contribution < -0.4 is 10.1 Å². The third-order valence-corrected chi connectivity index (χ3v) is 4.38. The Bertz CT molecular complexity index is 732. The van der Waals surface area contributed by atoms with Crippen LogP contribution in [0, 0.1) is 0 Å². The highest BCUT2D eigenvalue weighted by Gasteiger charge is 2.14. The van der Waals surface area contributed by atoms with Crippen LogP contribution in [0.5, 0.6) is 11.5 Å². The third-order valence-electron chi connectivity index (χ3n) is 4.38. The molecule has 3 N–H and O–H groups in total. The van der Waals surface area contributed by atoms with Crippen LogP contribution in [-0.4, -0.2) is 55.7 Å². The Kier molecular flexibility index (Phi) is 9.43. The molecule has 29 heavy (non-hydrogen) atoms. The molecule has 2 aromatic carbocycles. The molecular weight excluding hydrogens is 374 g/mol. The second-order valence-corrected chi connectivity index (χ2v) is 6.70. The number of benzene rings is 2. The third kappa shape index (κ3) is 8.11. The fraction of sp³-hybridized carbons (Fsp3) is 0.409. The van der Waals surface area contributed by atoms with E-state index < -0.39 is 5.97 Å². The lowest BCUT2D eigenvalue weighted by molar-refractivity contribution is -0.142. The van der Waals surface area contributed by atoms with Crippen LogP contribution in [0.3, 0.4) is 0 Å². The number of phenols is 1. The minimum atomic E-state index is -0.418. The van der Waals surface area contributed by atoms with Gasteiger partial charge in [0.1, 0.15) is 11.5 Å². The Hall–Kier alpha value is -2.61. The van der Waals surface area contributed by atoms with E-state index in [1.54, 1.807) is 12.1 Å². The van der Waals surface area contributed by atoms with Crippen molar-refractivity contribution in [1.82, 2.24) is 5.32 Å². The summed E-state index contributed by atoms with van der Waals surface area (Å²) in [5.41, 5.74) is 2.07. The Morgan fingerprint density at radius 1 is 1.10 bits per heavy atom. The summed E-state index contributed by atoms with van der Waals surface area (Å²) in [5.74, 6) is 0.401. The molecule has 7 nitrogen and oxygen atoms in total. The highest BCUT2D eigenvalue weighted by atomic mass is 16.6. The summed E-state index contributed by atoms with van der Waals surface area (Å²) in [4.78, 5) is 11.1. The van der Waals surface area contributed by atoms with Gasteiger partial charge in [0.15, 0.2) is 6.61 Å². The average Bonchev–Trinajstić information content (AvgIpc) is 2.74. The zero-order valence-corrected chi connectivity index (χ0v) is 16.8. The van der Waals surface area contributed by atoms with Crippen molar-refractivity contribution in [2.75, 3.05) is 33.5 Å². The van der Waals surface area contributed by atoms with Gasteiger partial charge in [0.05, 0.1) is 26.4 Å². The van der Waals surface area contributed by atoms with Crippen molar-refractivity contribution in [3.63, 3.8) is 0 Å². The number of aliphatic hydroxyl groups is 1. The monoisotopic (exact) mass is 403 g/mol. The number of carbonyl (C=O) groups is 1. The molecule has 158 valence electrons. The van der Waals surface area contributed by atoms with Crippen LogP contribution in [0.1, 0.15) is 24.2 Å². The van der Waals surface area contributed by atoms with Crippen molar-refractivity contribution in [2.24, 2.45) is 0 Å². The summed E-state index contributed by atoms with van der Waals surface area (Å²) in [6.07, 6.45) is 0.582. The Labute approximate surface area is 171 Å². The molecule has 0 amide bonds. The van der Waals surface area contributed by atoms with Gasteiger partial charge in [-0.25, -0.2) is 4.79 Å². The maximum absolute atomic E-state index is 11.1. The molecule has 0 heterocycles. The van der Waals surface area contributed by atoms with Gasteiger partial charge >= 0.3 is 5.97 Å². The second kappa shape index (κ2) is 12.1. The number of phenolic OH excluding ortho intramolecular Hbond substituents is 1. The first-order valence-electron chi connectivity index (χ1n) is 9.55. The molecule has 0 bridgehead atoms. The smallest absolute Gasteiger partial charge is 0.343 e. The average molecular weight is 403 g/mol. The van der Waals surface area contributed by atoms with E-state index in [9.17, 15) is 9.90 Å². The fourth-order valence-electron chi connectivity index (χ4n) is 2.81. The summed E-state index contributed by atoms with van der Waals surface area (Å²) < 4.78 is 15.6. The van der Waals surface area contributed by atoms with Gasteiger partial charge in [-0.05, 0) is 48.7 Å². The van der Waals surface area contributed by atoms with E-state index in [0.717, 1.165) is 17.5 Å². The number of ether oxygens (including phenoxy) is 3. The van der Waals surface area contributed by atoms with Gasteiger partial charge in [-0.1, -0.05) is 24.3 Å². The van der Waals surface area contributed by atoms with Gasteiger partial charge in [0.2, 0.25) is 0 Å². The summed E-state index contributed by atoms with van der Waals surface area (Å²) in [7, 11) is 1.32. The number of hydrogen-bond acceptors (Lipinski definition) is 7. The summed E-state index contributed by atoms with van der Waals surface area (Å²) in [6, 6.07) is 14.6. The van der Waals surface area contributed by atoms with E-state index >= 15 is 0 Å². The van der Waals surface area contributed by atoms with Crippen molar-refractivity contribution < 1.29 is 29.2 Å². The van der Waals surface area contributed by atoms with E-state index in [2.05, 4.69) is 17.0 Å². The number of nitrogens with one attached hydrogen (secondary N) is 1. The minimum Gasteiger partial charge on any atom is -0.508 e. The van der Waals surface area contributed by atoms with Gasteiger partial charge in [0, 0.05) is 12.6 Å². The normalized spacial score (nSPS) is 12.9. The van der Waals surface area contributed by atoms with Crippen molar-refractivity contribution in [1.29, 1.82) is 0 Å². The Balaban J connectivity index is 1.85. The zero-order valence-electron chi connectivity index (χ0n) is 16.8. The molecule has 0 radical (unpaired) electrons. The largest absolute Gasteiger partial charge is 0.508 e. The van der Waals surface area contributed by atoms with Crippen LogP contribution in [0.4, 0.5) is 0 Å². The first-order valence-corrected chi connectivity index (χ1v) is 9.55. The SMILES string of the molecule is COC(=O)COc1ccc(CC(C)NCC(OCCO)c2ccc(O)cc2)cc1. The van der Waals surface area contributed by atoms with Crippen LogP contribution in [-0.2, 0) is 20.7 Å². The molecule has 2 aromatic rings. The predicted molar refractivity (Wildman–Crippen MR) is 109 cm³/mol. The molecule has 2 rings (SSSR count). The topological polar surface area (TPSA) is 97.3 Å². The molecule has 0 saturated heterocycles. The molecular formula is C22H29NO6. The number of esters is 1. The maximum Gasteiger partial charge on any atom is 0.343 e. The fourth-order valence-corrected chi connectivity index (χ4v) is 2.81. The van der Waals surface area contributed by atoms with E-state index in [4.69, 9.17) is 14.6 Å². The first kappa shape index (κ1) is 22.7. The maximum atomic E-state index is 11.1. The quantitative estimate of drug-likeness (QED) is 0.468. The van der Waals surface area contributed by atoms with Gasteiger partial charge in [-0.2, -0.15) is 0 Å². The molecule has 0 fully saturated rings. The number of aliphatic hydroxyl groups excluding tert-OH is 1. The summed E-state index contributed by atoms with van der Waals surface area (Å²) >= 11 is 0. The standard InChI is InChI=1S/C22H29NO6/c1-16(13-17-3-9-20(10-4-17)29-15-22(26)27-2)23-14-21(28-12-11-24)18-5-7-19(25)8-6-18/h3-10,16,21,23-25H,11-15H2,1-2H3. The lowest BCUT2D eigenvalue weighted by atomic mass is 10.1. The molecule has 0 aliphatic rings. The van der Waals surface area contributed by atoms with Gasteiger partial charge in [-0.15, -0.1) is 0 Å². The lowest BCUT2D eigenvalue weighted by Gasteiger charge is -2.22. The van der Waals surface area contributed by atoms with E-state index in [-0.39, 0.29) is 37.7 Å². The number of aromatic hydroxyl groups is 1. The van der Waals surface area contributed by atoms with Crippen LogP contribution in [0.25, 0.3) is 0 Å². The van der Waals surface area contributed by atoms with Crippen LogP contribution in [0.2, 0.25) is 0 Å². The Morgan fingerprint density at radius 2 is 1.79 bits per heavy atom. The lowest BCUT2D eigenvalue weighted by Crippen LogP contribution is -2.33. The van der Waals surface area contributed by atoms with E-state index in [1.807, 2.05) is 36.4 Å². The van der Waals surface area contributed by atoms with Gasteiger partial charge < -0.3 is 29.7 Å². The van der Waals surface area contributed by atoms with Crippen molar-refractivity contribution in [2.45, 2.75) is 25.5 Å². The van der Waals surface area contributed by atoms with Crippen LogP contribution >= 0.6 is 0 Å². The molecule has 0 saturated carbocycles. The number of carbonyl (C=O) groups excluding carboxylic acids is 1. The van der Waals surface area contributed by atoms with Crippen LogP contribution in [0.15, 0.2) is 48.5 Å². The molecule has 2 unspecified atom stereocenters. The number of hydrogen-bond donors (Lipinski definition) is 3. The molecule has 2 atom stereocenters. The highest BCUT2D eigenvalue weighted by molar-refractivity contribution is 5.70. The van der Waals surface area contributed by atoms with Gasteiger partial charge in [0.25, 0.3) is 0 Å². The van der Waals surface area contributed by atoms with Crippen molar-refractivity contribution in [3.8, 4) is 11.5 Å². The zero-order chi connectivity index (χ0) is 21.1. The van der Waals surface area contributed by atoms with E-state index in [1.165, 1.54) is 7.11 Å². The Morgan fingerprint density at radius 3 is 2.41 bits per heavy atom. The first-order chi connectivity index (χ1) is 14.0. The van der Waals surface area contributed by atoms with E-state index in [0.29, 0.717) is 12.3 Å². The highest BCUT2D eigenvalue weighted by Crippen LogP contribution is 2.20. The number of methoxy groups -OCH3 is 1. The van der Waals surface area contributed by atoms with Gasteiger partial charge in [-0.3, -0.25) is 0 Å². The molecule has 7 heteroatoms. The van der Waals surface area contributed by atoms with Crippen molar-refractivity contribution >= 4 is 5.97 Å².